The summed E-state index contributed by atoms with van der Waals surface area (Å²) in [7, 11) is 0. The number of halogens is 5. The number of Topliss-reactive ketones (excluding diaryl/α,β-unsaturated/α-hetero) is 1. The number of alkyl halides is 5. The van der Waals surface area contributed by atoms with Gasteiger partial charge in [-0.15, -0.1) is 0 Å². The third-order valence-electron chi connectivity index (χ3n) is 2.27. The van der Waals surface area contributed by atoms with Gasteiger partial charge in [-0.25, -0.2) is 0 Å². The Labute approximate surface area is 99.0 Å². The molecule has 1 aromatic rings. The molecule has 0 spiro atoms. The molecular weight excluding hydrogens is 259 g/mol. The minimum Gasteiger partial charge on any atom is -0.386 e. The molecule has 1 rings (SSSR count). The van der Waals surface area contributed by atoms with Crippen LogP contribution in [0.5, 0.6) is 0 Å². The first-order valence-corrected chi connectivity index (χ1v) is 4.87. The molecule has 1 aromatic carbocycles. The van der Waals surface area contributed by atoms with Gasteiger partial charge in [0.25, 0.3) is 0 Å². The summed E-state index contributed by atoms with van der Waals surface area (Å²) in [5.41, 5.74) is -0.0328. The van der Waals surface area contributed by atoms with Crippen LogP contribution in [0.4, 0.5) is 22.0 Å². The molecule has 0 aliphatic rings. The molecule has 2 nitrogen and oxygen atoms in total. The summed E-state index contributed by atoms with van der Waals surface area (Å²) in [6.07, 6.45) is -10.3. The molecule has 0 radical (unpaired) electrons. The molecule has 18 heavy (non-hydrogen) atoms. The molecule has 0 aliphatic carbocycles. The highest BCUT2D eigenvalue weighted by molar-refractivity contribution is 5.96. The van der Waals surface area contributed by atoms with Gasteiger partial charge in [0.05, 0.1) is 0 Å². The quantitative estimate of drug-likeness (QED) is 0.673. The fourth-order valence-corrected chi connectivity index (χ4v) is 1.23. The smallest absolute Gasteiger partial charge is 0.386 e. The molecule has 1 atom stereocenters. The predicted octanol–water partition coefficient (Wildman–Crippen LogP) is 2.82. The Kier molecular flexibility index (Phi) is 4.05. The van der Waals surface area contributed by atoms with Crippen molar-refractivity contribution < 1.29 is 31.9 Å². The van der Waals surface area contributed by atoms with Crippen molar-refractivity contribution in [2.75, 3.05) is 0 Å². The average molecular weight is 268 g/mol. The summed E-state index contributed by atoms with van der Waals surface area (Å²) in [4.78, 5) is 11.4. The summed E-state index contributed by atoms with van der Waals surface area (Å²) in [5.74, 6) is -6.29. The van der Waals surface area contributed by atoms with Crippen LogP contribution in [0.2, 0.25) is 0 Å². The summed E-state index contributed by atoms with van der Waals surface area (Å²) in [6, 6.07) is 6.95. The van der Waals surface area contributed by atoms with Crippen LogP contribution in [0, 0.1) is 0 Å². The molecular formula is C11H9F5O2. The fraction of sp³-hybridized carbons (Fsp3) is 0.364. The van der Waals surface area contributed by atoms with E-state index in [-0.39, 0.29) is 5.56 Å². The van der Waals surface area contributed by atoms with Crippen molar-refractivity contribution in [1.29, 1.82) is 0 Å². The molecule has 0 fully saturated rings. The van der Waals surface area contributed by atoms with Crippen molar-refractivity contribution in [3.63, 3.8) is 0 Å². The number of hydrogen-bond donors (Lipinski definition) is 1. The van der Waals surface area contributed by atoms with E-state index in [1.807, 2.05) is 0 Å². The zero-order chi connectivity index (χ0) is 14.0. The topological polar surface area (TPSA) is 37.3 Å². The lowest BCUT2D eigenvalue weighted by molar-refractivity contribution is -0.311. The van der Waals surface area contributed by atoms with E-state index >= 15 is 0 Å². The first-order valence-electron chi connectivity index (χ1n) is 4.87. The highest BCUT2D eigenvalue weighted by atomic mass is 19.4. The van der Waals surface area contributed by atoms with Gasteiger partial charge in [-0.1, -0.05) is 30.3 Å². The van der Waals surface area contributed by atoms with Crippen molar-refractivity contribution in [3.8, 4) is 0 Å². The van der Waals surface area contributed by atoms with E-state index in [2.05, 4.69) is 0 Å². The second-order valence-corrected chi connectivity index (χ2v) is 3.63. The largest absolute Gasteiger partial charge is 0.456 e. The van der Waals surface area contributed by atoms with E-state index < -0.39 is 30.4 Å². The number of hydrogen-bond acceptors (Lipinski definition) is 2. The molecule has 0 heterocycles. The number of aliphatic hydroxyl groups excluding tert-OH is 1. The van der Waals surface area contributed by atoms with Gasteiger partial charge in [0.1, 0.15) is 6.10 Å². The lowest BCUT2D eigenvalue weighted by Crippen LogP contribution is -2.47. The van der Waals surface area contributed by atoms with E-state index in [0.29, 0.717) is 0 Å². The standard InChI is InChI=1S/C11H9F5O2/c12-10(13,11(14,15)16)9(18)6-8(17)7-4-2-1-3-5-7/h1-5,9,18H,6H2/t9-/m1/s1. The number of benzene rings is 1. The Morgan fingerprint density at radius 2 is 1.61 bits per heavy atom. The summed E-state index contributed by atoms with van der Waals surface area (Å²) < 4.78 is 61.1. The first kappa shape index (κ1) is 14.6. The predicted molar refractivity (Wildman–Crippen MR) is 52.4 cm³/mol. The average Bonchev–Trinajstić information content (AvgIpc) is 2.28. The van der Waals surface area contributed by atoms with Gasteiger partial charge in [-0.05, 0) is 0 Å². The van der Waals surface area contributed by atoms with Crippen molar-refractivity contribution in [3.05, 3.63) is 35.9 Å². The van der Waals surface area contributed by atoms with Crippen LogP contribution in [0.25, 0.3) is 0 Å². The molecule has 100 valence electrons. The van der Waals surface area contributed by atoms with Crippen LogP contribution in [0.15, 0.2) is 30.3 Å². The Morgan fingerprint density at radius 3 is 2.06 bits per heavy atom. The Morgan fingerprint density at radius 1 is 1.11 bits per heavy atom. The van der Waals surface area contributed by atoms with E-state index in [1.165, 1.54) is 24.3 Å². The zero-order valence-electron chi connectivity index (χ0n) is 8.92. The second kappa shape index (κ2) is 5.01. The molecule has 0 amide bonds. The molecule has 0 saturated heterocycles. The molecule has 7 heteroatoms. The van der Waals surface area contributed by atoms with Gasteiger partial charge >= 0.3 is 12.1 Å². The molecule has 0 aromatic heterocycles. The number of rotatable bonds is 4. The maximum absolute atomic E-state index is 12.7. The second-order valence-electron chi connectivity index (χ2n) is 3.63. The van der Waals surface area contributed by atoms with Crippen LogP contribution >= 0.6 is 0 Å². The Balaban J connectivity index is 2.77. The van der Waals surface area contributed by atoms with E-state index in [4.69, 9.17) is 5.11 Å². The Bertz CT molecular complexity index is 413. The maximum Gasteiger partial charge on any atom is 0.456 e. The van der Waals surface area contributed by atoms with Crippen molar-refractivity contribution in [2.24, 2.45) is 0 Å². The minimum absolute atomic E-state index is 0.0328. The van der Waals surface area contributed by atoms with Gasteiger partial charge in [0, 0.05) is 12.0 Å². The molecule has 1 N–H and O–H groups in total. The van der Waals surface area contributed by atoms with Gasteiger partial charge < -0.3 is 5.11 Å². The van der Waals surface area contributed by atoms with Gasteiger partial charge in [0.15, 0.2) is 5.78 Å². The zero-order valence-corrected chi connectivity index (χ0v) is 8.92. The highest BCUT2D eigenvalue weighted by Gasteiger charge is 2.62. The van der Waals surface area contributed by atoms with E-state index in [1.54, 1.807) is 6.07 Å². The van der Waals surface area contributed by atoms with Crippen molar-refractivity contribution in [2.45, 2.75) is 24.6 Å². The molecule has 0 bridgehead atoms. The SMILES string of the molecule is O=C(C[C@@H](O)C(F)(F)C(F)(F)F)c1ccccc1. The number of carbonyl (C=O) groups excluding carboxylic acids is 1. The summed E-state index contributed by atoms with van der Waals surface area (Å²) in [5, 5.41) is 8.85. The van der Waals surface area contributed by atoms with E-state index in [9.17, 15) is 26.7 Å². The number of aliphatic hydroxyl groups is 1. The maximum atomic E-state index is 12.7. The third kappa shape index (κ3) is 3.04. The third-order valence-corrected chi connectivity index (χ3v) is 2.27. The van der Waals surface area contributed by atoms with Crippen molar-refractivity contribution in [1.82, 2.24) is 0 Å². The van der Waals surface area contributed by atoms with Crippen LogP contribution < -0.4 is 0 Å². The summed E-state index contributed by atoms with van der Waals surface area (Å²) >= 11 is 0. The van der Waals surface area contributed by atoms with E-state index in [0.717, 1.165) is 0 Å². The molecule has 0 unspecified atom stereocenters. The van der Waals surface area contributed by atoms with Gasteiger partial charge in [-0.3, -0.25) is 4.79 Å². The van der Waals surface area contributed by atoms with Crippen LogP contribution in [-0.2, 0) is 0 Å². The molecule has 0 saturated carbocycles. The normalized spacial score (nSPS) is 14.3. The van der Waals surface area contributed by atoms with Crippen LogP contribution in [0.1, 0.15) is 16.8 Å². The molecule has 0 aliphatic heterocycles. The van der Waals surface area contributed by atoms with Crippen molar-refractivity contribution >= 4 is 5.78 Å². The Hall–Kier alpha value is -1.50. The van der Waals surface area contributed by atoms with Crippen LogP contribution in [-0.4, -0.2) is 29.1 Å². The van der Waals surface area contributed by atoms with Crippen LogP contribution in [0.3, 0.4) is 0 Å². The van der Waals surface area contributed by atoms with Gasteiger partial charge in [0.2, 0.25) is 0 Å². The minimum atomic E-state index is -5.89. The first-order chi connectivity index (χ1) is 8.16. The highest BCUT2D eigenvalue weighted by Crippen LogP contribution is 2.39. The van der Waals surface area contributed by atoms with Gasteiger partial charge in [-0.2, -0.15) is 22.0 Å². The lowest BCUT2D eigenvalue weighted by Gasteiger charge is -2.24. The lowest BCUT2D eigenvalue weighted by atomic mass is 10.0. The fourth-order valence-electron chi connectivity index (χ4n) is 1.23. The number of ketones is 1. The monoisotopic (exact) mass is 268 g/mol. The number of carbonyl (C=O) groups is 1. The summed E-state index contributed by atoms with van der Waals surface area (Å²) in [6.45, 7) is 0.